The molecule has 0 atom stereocenters. The third kappa shape index (κ3) is 4.76. The maximum atomic E-state index is 11.5. The number of nitrogens with zero attached hydrogens (tertiary/aromatic N) is 2. The molecule has 0 saturated heterocycles. The summed E-state index contributed by atoms with van der Waals surface area (Å²) in [7, 11) is 0. The molecule has 5 nitrogen and oxygen atoms in total. The van der Waals surface area contributed by atoms with Crippen LogP contribution >= 0.6 is 0 Å². The van der Waals surface area contributed by atoms with E-state index in [1.54, 1.807) is 12.3 Å². The van der Waals surface area contributed by atoms with Crippen molar-refractivity contribution in [3.05, 3.63) is 48.2 Å². The van der Waals surface area contributed by atoms with E-state index in [9.17, 15) is 4.79 Å². The third-order valence-corrected chi connectivity index (χ3v) is 2.92. The molecule has 1 aromatic heterocycles. The van der Waals surface area contributed by atoms with Crippen LogP contribution in [0.3, 0.4) is 0 Å². The smallest absolute Gasteiger partial charge is 0.327 e. The SMILES string of the molecule is Nc1ccn(CC(=O)OCCCCc2ccccc2)n1. The first kappa shape index (κ1) is 14.1. The Hall–Kier alpha value is -2.30. The number of hydrogen-bond donors (Lipinski definition) is 1. The lowest BCUT2D eigenvalue weighted by Gasteiger charge is -2.05. The Morgan fingerprint density at radius 3 is 2.70 bits per heavy atom. The summed E-state index contributed by atoms with van der Waals surface area (Å²) < 4.78 is 6.63. The molecule has 0 aliphatic rings. The molecular weight excluding hydrogens is 254 g/mol. The summed E-state index contributed by atoms with van der Waals surface area (Å²) in [6, 6.07) is 11.9. The number of unbranched alkanes of at least 4 members (excludes halogenated alkanes) is 1. The number of rotatable bonds is 7. The Kier molecular flexibility index (Phi) is 5.17. The first-order valence-electron chi connectivity index (χ1n) is 6.72. The van der Waals surface area contributed by atoms with Gasteiger partial charge in [0, 0.05) is 6.20 Å². The summed E-state index contributed by atoms with van der Waals surface area (Å²) in [5.41, 5.74) is 6.78. The van der Waals surface area contributed by atoms with Gasteiger partial charge in [-0.05, 0) is 30.9 Å². The van der Waals surface area contributed by atoms with Gasteiger partial charge in [0.2, 0.25) is 0 Å². The van der Waals surface area contributed by atoms with Gasteiger partial charge in [0.1, 0.15) is 12.4 Å². The quantitative estimate of drug-likeness (QED) is 0.619. The molecular formula is C15H19N3O2. The average Bonchev–Trinajstić information content (AvgIpc) is 2.85. The fourth-order valence-corrected chi connectivity index (χ4v) is 1.91. The highest BCUT2D eigenvalue weighted by Gasteiger charge is 2.05. The number of aryl methyl sites for hydroxylation is 1. The highest BCUT2D eigenvalue weighted by molar-refractivity contribution is 5.69. The van der Waals surface area contributed by atoms with Gasteiger partial charge in [-0.2, -0.15) is 5.10 Å². The normalized spacial score (nSPS) is 10.4. The summed E-state index contributed by atoms with van der Waals surface area (Å²) >= 11 is 0. The van der Waals surface area contributed by atoms with E-state index in [2.05, 4.69) is 17.2 Å². The van der Waals surface area contributed by atoms with Gasteiger partial charge in [-0.3, -0.25) is 9.48 Å². The number of nitrogen functional groups attached to an aromatic ring is 1. The van der Waals surface area contributed by atoms with Crippen LogP contribution in [0.2, 0.25) is 0 Å². The molecule has 0 amide bonds. The molecule has 2 N–H and O–H groups in total. The Morgan fingerprint density at radius 1 is 1.20 bits per heavy atom. The highest BCUT2D eigenvalue weighted by Crippen LogP contribution is 2.04. The summed E-state index contributed by atoms with van der Waals surface area (Å²) in [5, 5.41) is 3.93. The van der Waals surface area contributed by atoms with E-state index in [4.69, 9.17) is 10.5 Å². The number of ether oxygens (including phenoxy) is 1. The van der Waals surface area contributed by atoms with Gasteiger partial charge in [-0.1, -0.05) is 30.3 Å². The van der Waals surface area contributed by atoms with Gasteiger partial charge in [0.15, 0.2) is 0 Å². The van der Waals surface area contributed by atoms with Crippen molar-refractivity contribution in [2.45, 2.75) is 25.8 Å². The third-order valence-electron chi connectivity index (χ3n) is 2.92. The van der Waals surface area contributed by atoms with E-state index < -0.39 is 0 Å². The van der Waals surface area contributed by atoms with Crippen LogP contribution in [-0.4, -0.2) is 22.4 Å². The first-order chi connectivity index (χ1) is 9.74. The molecule has 1 heterocycles. The molecule has 0 bridgehead atoms. The lowest BCUT2D eigenvalue weighted by molar-refractivity contribution is -0.144. The van der Waals surface area contributed by atoms with E-state index >= 15 is 0 Å². The molecule has 20 heavy (non-hydrogen) atoms. The minimum absolute atomic E-state index is 0.107. The Labute approximate surface area is 118 Å². The lowest BCUT2D eigenvalue weighted by atomic mass is 10.1. The summed E-state index contributed by atoms with van der Waals surface area (Å²) in [5.74, 6) is 0.119. The number of hydrogen-bond acceptors (Lipinski definition) is 4. The van der Waals surface area contributed by atoms with Crippen molar-refractivity contribution in [1.82, 2.24) is 9.78 Å². The summed E-state index contributed by atoms with van der Waals surface area (Å²) in [6.45, 7) is 0.554. The lowest BCUT2D eigenvalue weighted by Crippen LogP contribution is -2.14. The average molecular weight is 273 g/mol. The molecule has 0 aliphatic heterocycles. The van der Waals surface area contributed by atoms with Gasteiger partial charge in [0.25, 0.3) is 0 Å². The molecule has 0 fully saturated rings. The fourth-order valence-electron chi connectivity index (χ4n) is 1.91. The van der Waals surface area contributed by atoms with Gasteiger partial charge in [-0.25, -0.2) is 0 Å². The van der Waals surface area contributed by atoms with Crippen LogP contribution in [0.5, 0.6) is 0 Å². The molecule has 0 saturated carbocycles. The number of benzene rings is 1. The highest BCUT2D eigenvalue weighted by atomic mass is 16.5. The van der Waals surface area contributed by atoms with Crippen LogP contribution in [0.15, 0.2) is 42.6 Å². The minimum atomic E-state index is -0.284. The van der Waals surface area contributed by atoms with Gasteiger partial charge in [0.05, 0.1) is 6.61 Å². The van der Waals surface area contributed by atoms with E-state index in [0.29, 0.717) is 12.4 Å². The standard InChI is InChI=1S/C15H19N3O2/c16-14-9-10-18(17-14)12-15(19)20-11-5-4-8-13-6-2-1-3-7-13/h1-3,6-7,9-10H,4-5,8,11-12H2,(H2,16,17). The molecule has 106 valence electrons. The molecule has 2 rings (SSSR count). The predicted octanol–water partition coefficient (Wildman–Crippen LogP) is 2.03. The van der Waals surface area contributed by atoms with Crippen molar-refractivity contribution in [2.24, 2.45) is 0 Å². The van der Waals surface area contributed by atoms with Crippen molar-refractivity contribution in [3.8, 4) is 0 Å². The topological polar surface area (TPSA) is 70.1 Å². The molecule has 2 aromatic rings. The maximum Gasteiger partial charge on any atom is 0.327 e. The van der Waals surface area contributed by atoms with Crippen molar-refractivity contribution < 1.29 is 9.53 Å². The predicted molar refractivity (Wildman–Crippen MR) is 77.0 cm³/mol. The van der Waals surface area contributed by atoms with Crippen LogP contribution in [0.4, 0.5) is 5.82 Å². The monoisotopic (exact) mass is 273 g/mol. The van der Waals surface area contributed by atoms with Crippen LogP contribution in [0.25, 0.3) is 0 Å². The first-order valence-corrected chi connectivity index (χ1v) is 6.72. The Bertz CT molecular complexity index is 537. The molecule has 0 radical (unpaired) electrons. The Morgan fingerprint density at radius 2 is 2.00 bits per heavy atom. The zero-order valence-electron chi connectivity index (χ0n) is 11.4. The Balaban J connectivity index is 1.58. The van der Waals surface area contributed by atoms with Gasteiger partial charge in [-0.15, -0.1) is 0 Å². The largest absolute Gasteiger partial charge is 0.464 e. The van der Waals surface area contributed by atoms with Crippen molar-refractivity contribution in [3.63, 3.8) is 0 Å². The van der Waals surface area contributed by atoms with Crippen molar-refractivity contribution in [1.29, 1.82) is 0 Å². The summed E-state index contributed by atoms with van der Waals surface area (Å²) in [6.07, 6.45) is 4.54. The number of carbonyl (C=O) groups is 1. The zero-order valence-corrected chi connectivity index (χ0v) is 11.4. The van der Waals surface area contributed by atoms with Crippen LogP contribution in [0, 0.1) is 0 Å². The van der Waals surface area contributed by atoms with E-state index in [-0.39, 0.29) is 12.5 Å². The number of carbonyl (C=O) groups excluding carboxylic acids is 1. The van der Waals surface area contributed by atoms with Crippen molar-refractivity contribution in [2.75, 3.05) is 12.3 Å². The molecule has 0 unspecified atom stereocenters. The second-order valence-electron chi connectivity index (χ2n) is 4.60. The molecule has 0 spiro atoms. The van der Waals surface area contributed by atoms with Crippen LogP contribution in [0.1, 0.15) is 18.4 Å². The number of nitrogens with two attached hydrogens (primary N) is 1. The second-order valence-corrected chi connectivity index (χ2v) is 4.60. The van der Waals surface area contributed by atoms with Gasteiger partial charge < -0.3 is 10.5 Å². The van der Waals surface area contributed by atoms with E-state index in [1.807, 2.05) is 18.2 Å². The molecule has 0 aliphatic carbocycles. The number of esters is 1. The summed E-state index contributed by atoms with van der Waals surface area (Å²) in [4.78, 5) is 11.5. The number of aromatic nitrogens is 2. The van der Waals surface area contributed by atoms with Gasteiger partial charge >= 0.3 is 5.97 Å². The second kappa shape index (κ2) is 7.33. The van der Waals surface area contributed by atoms with E-state index in [1.165, 1.54) is 10.2 Å². The van der Waals surface area contributed by atoms with E-state index in [0.717, 1.165) is 19.3 Å². The zero-order chi connectivity index (χ0) is 14.2. The van der Waals surface area contributed by atoms with Crippen LogP contribution in [-0.2, 0) is 22.5 Å². The molecule has 1 aromatic carbocycles. The maximum absolute atomic E-state index is 11.5. The van der Waals surface area contributed by atoms with Crippen molar-refractivity contribution >= 4 is 11.8 Å². The van der Waals surface area contributed by atoms with Crippen LogP contribution < -0.4 is 5.73 Å². The number of anilines is 1. The minimum Gasteiger partial charge on any atom is -0.464 e. The molecule has 5 heteroatoms. The fraction of sp³-hybridized carbons (Fsp3) is 0.333.